The quantitative estimate of drug-likeness (QED) is 0.689. The van der Waals surface area contributed by atoms with Crippen molar-refractivity contribution < 1.29 is 19.5 Å². The highest BCUT2D eigenvalue weighted by molar-refractivity contribution is 6.17. The zero-order chi connectivity index (χ0) is 11.6. The highest BCUT2D eigenvalue weighted by atomic mass is 16.4. The zero-order valence-electron chi connectivity index (χ0n) is 8.69. The Morgan fingerprint density at radius 1 is 1.53 bits per heavy atom. The number of carboxylic acid groups (broad SMARTS) is 1. The van der Waals surface area contributed by atoms with Gasteiger partial charge in [0.1, 0.15) is 6.04 Å². The normalized spacial score (nSPS) is 18.0. The van der Waals surface area contributed by atoms with E-state index in [2.05, 4.69) is 0 Å². The van der Waals surface area contributed by atoms with Crippen molar-refractivity contribution in [2.24, 2.45) is 0 Å². The SMILES string of the molecule is CCCC(C(=O)O)N1C(=O)C=C(C)C1=O. The molecule has 1 heterocycles. The Morgan fingerprint density at radius 2 is 2.13 bits per heavy atom. The molecule has 82 valence electrons. The molecule has 1 unspecified atom stereocenters. The molecule has 1 rings (SSSR count). The molecule has 0 radical (unpaired) electrons. The Hall–Kier alpha value is -1.65. The summed E-state index contributed by atoms with van der Waals surface area (Å²) in [4.78, 5) is 34.6. The molecule has 0 aromatic rings. The van der Waals surface area contributed by atoms with Crippen LogP contribution in [0.15, 0.2) is 11.6 Å². The van der Waals surface area contributed by atoms with Crippen LogP contribution in [0.25, 0.3) is 0 Å². The fourth-order valence-corrected chi connectivity index (χ4v) is 1.54. The summed E-state index contributed by atoms with van der Waals surface area (Å²) in [5, 5.41) is 8.92. The van der Waals surface area contributed by atoms with E-state index in [-0.39, 0.29) is 6.42 Å². The second-order valence-corrected chi connectivity index (χ2v) is 3.48. The molecule has 0 saturated carbocycles. The molecule has 0 saturated heterocycles. The first-order chi connectivity index (χ1) is 6.99. The second kappa shape index (κ2) is 4.25. The van der Waals surface area contributed by atoms with Crippen LogP contribution in [0.4, 0.5) is 0 Å². The zero-order valence-corrected chi connectivity index (χ0v) is 8.69. The first-order valence-corrected chi connectivity index (χ1v) is 4.77. The number of rotatable bonds is 4. The van der Waals surface area contributed by atoms with Crippen molar-refractivity contribution in [1.29, 1.82) is 0 Å². The summed E-state index contributed by atoms with van der Waals surface area (Å²) in [5.74, 6) is -2.17. The Bertz CT molecular complexity index is 345. The van der Waals surface area contributed by atoms with Gasteiger partial charge in [-0.1, -0.05) is 13.3 Å². The number of amides is 2. The van der Waals surface area contributed by atoms with Crippen LogP contribution in [0.2, 0.25) is 0 Å². The Labute approximate surface area is 87.4 Å². The molecule has 0 aromatic heterocycles. The Balaban J connectivity index is 2.91. The van der Waals surface area contributed by atoms with Gasteiger partial charge in [0.15, 0.2) is 0 Å². The molecular formula is C10H13NO4. The number of carboxylic acids is 1. The van der Waals surface area contributed by atoms with Gasteiger partial charge in [-0.2, -0.15) is 0 Å². The van der Waals surface area contributed by atoms with Gasteiger partial charge >= 0.3 is 5.97 Å². The molecule has 0 aliphatic carbocycles. The molecule has 0 fully saturated rings. The molecule has 0 bridgehead atoms. The smallest absolute Gasteiger partial charge is 0.326 e. The maximum absolute atomic E-state index is 11.5. The van der Waals surface area contributed by atoms with Crippen LogP contribution in [0.3, 0.4) is 0 Å². The van der Waals surface area contributed by atoms with Crippen LogP contribution in [0.5, 0.6) is 0 Å². The van der Waals surface area contributed by atoms with E-state index in [9.17, 15) is 14.4 Å². The summed E-state index contributed by atoms with van der Waals surface area (Å²) >= 11 is 0. The van der Waals surface area contributed by atoms with Crippen molar-refractivity contribution in [3.8, 4) is 0 Å². The third kappa shape index (κ3) is 2.06. The van der Waals surface area contributed by atoms with Crippen molar-refractivity contribution in [3.63, 3.8) is 0 Å². The molecule has 5 heteroatoms. The maximum atomic E-state index is 11.5. The Morgan fingerprint density at radius 3 is 2.47 bits per heavy atom. The van der Waals surface area contributed by atoms with Gasteiger partial charge in [-0.05, 0) is 13.3 Å². The average Bonchev–Trinajstić information content (AvgIpc) is 2.38. The topological polar surface area (TPSA) is 74.7 Å². The van der Waals surface area contributed by atoms with Crippen LogP contribution in [0.1, 0.15) is 26.7 Å². The largest absolute Gasteiger partial charge is 0.480 e. The predicted molar refractivity (Wildman–Crippen MR) is 51.9 cm³/mol. The lowest BCUT2D eigenvalue weighted by atomic mass is 10.1. The minimum atomic E-state index is -1.14. The molecule has 1 N–H and O–H groups in total. The molecule has 2 amide bonds. The van der Waals surface area contributed by atoms with E-state index >= 15 is 0 Å². The minimum Gasteiger partial charge on any atom is -0.480 e. The monoisotopic (exact) mass is 211 g/mol. The fourth-order valence-electron chi connectivity index (χ4n) is 1.54. The van der Waals surface area contributed by atoms with Crippen molar-refractivity contribution >= 4 is 17.8 Å². The van der Waals surface area contributed by atoms with E-state index in [0.29, 0.717) is 12.0 Å². The van der Waals surface area contributed by atoms with Crippen LogP contribution in [0, 0.1) is 0 Å². The molecule has 1 atom stereocenters. The van der Waals surface area contributed by atoms with Gasteiger partial charge in [0.2, 0.25) is 0 Å². The maximum Gasteiger partial charge on any atom is 0.326 e. The highest BCUT2D eigenvalue weighted by Crippen LogP contribution is 2.18. The highest BCUT2D eigenvalue weighted by Gasteiger charge is 2.37. The number of carbonyl (C=O) groups excluding carboxylic acids is 2. The number of hydrogen-bond acceptors (Lipinski definition) is 3. The molecule has 5 nitrogen and oxygen atoms in total. The molecule has 1 aliphatic heterocycles. The summed E-state index contributed by atoms with van der Waals surface area (Å²) in [6.45, 7) is 3.31. The van der Waals surface area contributed by atoms with Gasteiger partial charge in [-0.15, -0.1) is 0 Å². The van der Waals surface area contributed by atoms with Crippen molar-refractivity contribution in [3.05, 3.63) is 11.6 Å². The molecule has 15 heavy (non-hydrogen) atoms. The van der Waals surface area contributed by atoms with Crippen molar-refractivity contribution in [1.82, 2.24) is 4.90 Å². The second-order valence-electron chi connectivity index (χ2n) is 3.48. The average molecular weight is 211 g/mol. The number of nitrogens with zero attached hydrogens (tertiary/aromatic N) is 1. The number of hydrogen-bond donors (Lipinski definition) is 1. The summed E-state index contributed by atoms with van der Waals surface area (Å²) in [6, 6.07) is -1.04. The predicted octanol–water partition coefficient (Wildman–Crippen LogP) is 0.555. The van der Waals surface area contributed by atoms with Gasteiger partial charge in [0.25, 0.3) is 11.8 Å². The van der Waals surface area contributed by atoms with Crippen LogP contribution in [-0.4, -0.2) is 33.8 Å². The summed E-state index contributed by atoms with van der Waals surface area (Å²) in [7, 11) is 0. The van der Waals surface area contributed by atoms with Crippen LogP contribution >= 0.6 is 0 Å². The van der Waals surface area contributed by atoms with Gasteiger partial charge in [0.05, 0.1) is 0 Å². The Kier molecular flexibility index (Phi) is 3.24. The van der Waals surface area contributed by atoms with Crippen molar-refractivity contribution in [2.75, 3.05) is 0 Å². The fraction of sp³-hybridized carbons (Fsp3) is 0.500. The number of aliphatic carboxylic acids is 1. The third-order valence-corrected chi connectivity index (χ3v) is 2.29. The van der Waals surface area contributed by atoms with Gasteiger partial charge < -0.3 is 5.11 Å². The first-order valence-electron chi connectivity index (χ1n) is 4.77. The standard InChI is InChI=1S/C10H13NO4/c1-3-4-7(10(14)15)11-8(12)5-6(2)9(11)13/h5,7H,3-4H2,1-2H3,(H,14,15). The number of carbonyl (C=O) groups is 3. The van der Waals surface area contributed by atoms with Gasteiger partial charge in [0, 0.05) is 11.6 Å². The van der Waals surface area contributed by atoms with Crippen LogP contribution in [-0.2, 0) is 14.4 Å². The first kappa shape index (κ1) is 11.4. The lowest BCUT2D eigenvalue weighted by molar-refractivity contribution is -0.153. The van der Waals surface area contributed by atoms with E-state index in [0.717, 1.165) is 4.90 Å². The van der Waals surface area contributed by atoms with E-state index in [1.54, 1.807) is 6.92 Å². The van der Waals surface area contributed by atoms with E-state index in [4.69, 9.17) is 5.11 Å². The molecular weight excluding hydrogens is 198 g/mol. The van der Waals surface area contributed by atoms with Gasteiger partial charge in [-0.3, -0.25) is 14.5 Å². The molecule has 1 aliphatic rings. The summed E-state index contributed by atoms with van der Waals surface area (Å²) < 4.78 is 0. The summed E-state index contributed by atoms with van der Waals surface area (Å²) in [5.41, 5.74) is 0.294. The summed E-state index contributed by atoms with van der Waals surface area (Å²) in [6.07, 6.45) is 2.06. The lowest BCUT2D eigenvalue weighted by Gasteiger charge is -2.22. The molecule has 0 spiro atoms. The van der Waals surface area contributed by atoms with Crippen molar-refractivity contribution in [2.45, 2.75) is 32.7 Å². The van der Waals surface area contributed by atoms with E-state index < -0.39 is 23.8 Å². The van der Waals surface area contributed by atoms with Crippen LogP contribution < -0.4 is 0 Å². The van der Waals surface area contributed by atoms with Gasteiger partial charge in [-0.25, -0.2) is 4.79 Å². The minimum absolute atomic E-state index is 0.286. The third-order valence-electron chi connectivity index (χ3n) is 2.29. The lowest BCUT2D eigenvalue weighted by Crippen LogP contribution is -2.45. The van der Waals surface area contributed by atoms with E-state index in [1.165, 1.54) is 13.0 Å². The molecule has 0 aromatic carbocycles. The van der Waals surface area contributed by atoms with E-state index in [1.807, 2.05) is 0 Å². The number of imide groups is 1.